The van der Waals surface area contributed by atoms with Crippen molar-refractivity contribution >= 4 is 17.7 Å². The van der Waals surface area contributed by atoms with E-state index in [-0.39, 0.29) is 17.5 Å². The lowest BCUT2D eigenvalue weighted by atomic mass is 9.61. The molecule has 0 spiro atoms. The number of cyclic esters (lactones) is 1. The molecule has 36 heavy (non-hydrogen) atoms. The van der Waals surface area contributed by atoms with Crippen LogP contribution in [0.4, 0.5) is 0 Å². The van der Waals surface area contributed by atoms with E-state index in [4.69, 9.17) is 14.5 Å². The average Bonchev–Trinajstić information content (AvgIpc) is 3.52. The van der Waals surface area contributed by atoms with E-state index in [0.717, 1.165) is 0 Å². The number of nitrogens with zero attached hydrogens (tertiary/aromatic N) is 3. The van der Waals surface area contributed by atoms with Crippen LogP contribution in [0.2, 0.25) is 0 Å². The number of aromatic nitrogens is 2. The predicted molar refractivity (Wildman–Crippen MR) is 135 cm³/mol. The fraction of sp³-hybridized carbons (Fsp3) is 0.172. The van der Waals surface area contributed by atoms with Gasteiger partial charge in [-0.3, -0.25) is 4.79 Å². The molecule has 0 fully saturated rings. The third-order valence-electron chi connectivity index (χ3n) is 6.84. The van der Waals surface area contributed by atoms with Gasteiger partial charge >= 0.3 is 5.97 Å². The maximum absolute atomic E-state index is 14.4. The number of ether oxygens (including phenoxy) is 2. The first-order valence-electron chi connectivity index (χ1n) is 11.5. The zero-order valence-electron chi connectivity index (χ0n) is 20.2. The molecule has 4 aromatic rings. The van der Waals surface area contributed by atoms with Crippen LogP contribution < -0.4 is 4.74 Å². The number of carbonyl (C=O) groups excluding carboxylic acids is 2. The smallest absolute Gasteiger partial charge is 0.346 e. The van der Waals surface area contributed by atoms with Crippen molar-refractivity contribution in [3.63, 3.8) is 0 Å². The van der Waals surface area contributed by atoms with Gasteiger partial charge in [0, 0.05) is 25.0 Å². The van der Waals surface area contributed by atoms with Gasteiger partial charge in [0.05, 0.1) is 12.5 Å². The first kappa shape index (κ1) is 23.2. The highest BCUT2D eigenvalue weighted by Gasteiger charge is 2.65. The molecule has 2 atom stereocenters. The van der Waals surface area contributed by atoms with E-state index in [1.165, 1.54) is 0 Å². The van der Waals surface area contributed by atoms with E-state index >= 15 is 0 Å². The molecule has 0 bridgehead atoms. The number of esters is 1. The van der Waals surface area contributed by atoms with E-state index in [0.29, 0.717) is 22.4 Å². The van der Waals surface area contributed by atoms with Gasteiger partial charge < -0.3 is 14.0 Å². The summed E-state index contributed by atoms with van der Waals surface area (Å²) in [6.45, 7) is 1.74. The second-order valence-electron chi connectivity index (χ2n) is 8.79. The quantitative estimate of drug-likeness (QED) is 0.289. The van der Waals surface area contributed by atoms with Gasteiger partial charge in [-0.15, -0.1) is 0 Å². The maximum Gasteiger partial charge on any atom is 0.346 e. The summed E-state index contributed by atoms with van der Waals surface area (Å²) in [7, 11) is 3.33. The van der Waals surface area contributed by atoms with Gasteiger partial charge in [0.2, 0.25) is 17.2 Å². The van der Waals surface area contributed by atoms with Crippen molar-refractivity contribution in [3.8, 4) is 5.75 Å². The zero-order chi connectivity index (χ0) is 25.3. The summed E-state index contributed by atoms with van der Waals surface area (Å²) in [6.07, 6.45) is 3.26. The Morgan fingerprint density at radius 1 is 0.972 bits per heavy atom. The molecular formula is C29H25N3O4. The van der Waals surface area contributed by atoms with E-state index < -0.39 is 16.9 Å². The molecule has 7 heteroatoms. The van der Waals surface area contributed by atoms with Gasteiger partial charge in [-0.05, 0) is 42.3 Å². The van der Waals surface area contributed by atoms with Crippen molar-refractivity contribution in [2.24, 2.45) is 12.0 Å². The molecule has 0 saturated heterocycles. The Morgan fingerprint density at radius 3 is 2.19 bits per heavy atom. The fourth-order valence-electron chi connectivity index (χ4n) is 4.79. The molecule has 0 N–H and O–H groups in total. The third-order valence-corrected chi connectivity index (χ3v) is 6.84. The molecule has 7 nitrogen and oxygen atoms in total. The number of aliphatic imine (C=N–C) groups is 1. The minimum Gasteiger partial charge on any atom is -0.497 e. The summed E-state index contributed by atoms with van der Waals surface area (Å²) in [4.78, 5) is 37.7. The Kier molecular flexibility index (Phi) is 5.76. The van der Waals surface area contributed by atoms with Crippen molar-refractivity contribution < 1.29 is 19.1 Å². The Balaban J connectivity index is 1.81. The molecule has 1 aliphatic heterocycles. The standard InChI is InChI=1S/C29H25N3O4/c1-28(21-10-6-4-7-11-21,24(33)25-30-18-19-32(25)2)29(22-12-8-5-9-13-22)27(34)36-26(31-29)20-14-16-23(35-3)17-15-20/h4-19H,1-3H3/t28?,29-/m1/s1. The number of Topliss-reactive ketones (excluding diaryl/α,β-unsaturated/α-hetero) is 1. The van der Waals surface area contributed by atoms with Gasteiger partial charge in [-0.25, -0.2) is 14.8 Å². The predicted octanol–water partition coefficient (Wildman–Crippen LogP) is 4.47. The van der Waals surface area contributed by atoms with Crippen LogP contribution in [0, 0.1) is 0 Å². The Morgan fingerprint density at radius 2 is 1.61 bits per heavy atom. The molecule has 1 aliphatic rings. The van der Waals surface area contributed by atoms with Gasteiger partial charge in [0.25, 0.3) is 0 Å². The van der Waals surface area contributed by atoms with E-state index in [2.05, 4.69) is 4.98 Å². The lowest BCUT2D eigenvalue weighted by Crippen LogP contribution is -2.55. The molecule has 1 unspecified atom stereocenters. The molecule has 0 radical (unpaired) electrons. The van der Waals surface area contributed by atoms with E-state index in [1.54, 1.807) is 74.4 Å². The molecule has 0 aliphatic carbocycles. The number of imidazole rings is 1. The van der Waals surface area contributed by atoms with Crippen LogP contribution in [0.25, 0.3) is 0 Å². The average molecular weight is 480 g/mol. The van der Waals surface area contributed by atoms with Crippen LogP contribution in [0.5, 0.6) is 5.75 Å². The monoisotopic (exact) mass is 479 g/mol. The van der Waals surface area contributed by atoms with E-state index in [9.17, 15) is 9.59 Å². The molecule has 0 saturated carbocycles. The number of benzene rings is 3. The lowest BCUT2D eigenvalue weighted by Gasteiger charge is -2.40. The zero-order valence-corrected chi connectivity index (χ0v) is 20.2. The summed E-state index contributed by atoms with van der Waals surface area (Å²) < 4.78 is 12.8. The number of aryl methyl sites for hydroxylation is 1. The number of carbonyl (C=O) groups is 2. The minimum absolute atomic E-state index is 0.140. The number of hydrogen-bond acceptors (Lipinski definition) is 6. The first-order valence-corrected chi connectivity index (χ1v) is 11.5. The Bertz CT molecular complexity index is 1440. The number of rotatable bonds is 7. The van der Waals surface area contributed by atoms with Gasteiger partial charge in [-0.1, -0.05) is 60.7 Å². The second-order valence-corrected chi connectivity index (χ2v) is 8.79. The Hall–Kier alpha value is -4.52. The molecule has 0 amide bonds. The van der Waals surface area contributed by atoms with Crippen molar-refractivity contribution in [2.45, 2.75) is 17.9 Å². The highest BCUT2D eigenvalue weighted by atomic mass is 16.6. The maximum atomic E-state index is 14.4. The topological polar surface area (TPSA) is 82.8 Å². The molecular weight excluding hydrogens is 454 g/mol. The number of hydrogen-bond donors (Lipinski definition) is 0. The van der Waals surface area contributed by atoms with E-state index in [1.807, 2.05) is 48.5 Å². The summed E-state index contributed by atoms with van der Waals surface area (Å²) in [6, 6.07) is 25.4. The molecule has 1 aromatic heterocycles. The molecule has 180 valence electrons. The summed E-state index contributed by atoms with van der Waals surface area (Å²) in [5.41, 5.74) is -1.42. The molecule has 3 aromatic carbocycles. The summed E-state index contributed by atoms with van der Waals surface area (Å²) in [5.74, 6) is 0.0473. The summed E-state index contributed by atoms with van der Waals surface area (Å²) in [5, 5.41) is 0. The van der Waals surface area contributed by atoms with Crippen molar-refractivity contribution in [1.29, 1.82) is 0 Å². The molecule has 5 rings (SSSR count). The highest BCUT2D eigenvalue weighted by molar-refractivity contribution is 6.14. The van der Waals surface area contributed by atoms with Crippen LogP contribution in [0.3, 0.4) is 0 Å². The van der Waals surface area contributed by atoms with Crippen molar-refractivity contribution in [2.75, 3.05) is 7.11 Å². The summed E-state index contributed by atoms with van der Waals surface area (Å²) >= 11 is 0. The number of methoxy groups -OCH3 is 1. The first-order chi connectivity index (χ1) is 17.4. The lowest BCUT2D eigenvalue weighted by molar-refractivity contribution is -0.141. The molecule has 2 heterocycles. The van der Waals surface area contributed by atoms with Gasteiger partial charge in [0.1, 0.15) is 5.75 Å². The van der Waals surface area contributed by atoms with Crippen LogP contribution in [0.1, 0.15) is 34.2 Å². The minimum atomic E-state index is -1.70. The second kappa shape index (κ2) is 8.92. The van der Waals surface area contributed by atoms with Gasteiger partial charge in [0.15, 0.2) is 5.82 Å². The van der Waals surface area contributed by atoms with Crippen molar-refractivity contribution in [3.05, 3.63) is 120 Å². The number of ketones is 1. The fourth-order valence-corrected chi connectivity index (χ4v) is 4.79. The van der Waals surface area contributed by atoms with Crippen LogP contribution in [0.15, 0.2) is 102 Å². The van der Waals surface area contributed by atoms with Crippen LogP contribution >= 0.6 is 0 Å². The third kappa shape index (κ3) is 3.43. The largest absolute Gasteiger partial charge is 0.497 e. The van der Waals surface area contributed by atoms with Crippen LogP contribution in [-0.2, 0) is 27.5 Å². The SMILES string of the molecule is COc1ccc(C2=N[C@@](c3ccccc3)(C(C)(C(=O)c3nccn3C)c3ccccc3)C(=O)O2)cc1. The Labute approximate surface area is 209 Å². The van der Waals surface area contributed by atoms with Gasteiger partial charge in [-0.2, -0.15) is 0 Å². The highest BCUT2D eigenvalue weighted by Crippen LogP contribution is 2.51. The van der Waals surface area contributed by atoms with Crippen molar-refractivity contribution in [1.82, 2.24) is 9.55 Å². The van der Waals surface area contributed by atoms with Crippen LogP contribution in [-0.4, -0.2) is 34.3 Å². The normalized spacial score (nSPS) is 18.8.